The van der Waals surface area contributed by atoms with E-state index in [0.29, 0.717) is 5.56 Å². The lowest BCUT2D eigenvalue weighted by Gasteiger charge is -2.21. The maximum Gasteiger partial charge on any atom is 0.151 e. The van der Waals surface area contributed by atoms with Crippen LogP contribution in [0.1, 0.15) is 18.5 Å². The summed E-state index contributed by atoms with van der Waals surface area (Å²) < 4.78 is 35.7. The molecule has 0 saturated carbocycles. The highest BCUT2D eigenvalue weighted by atomic mass is 32.2. The number of rotatable bonds is 4. The Kier molecular flexibility index (Phi) is 3.95. The molecule has 0 aliphatic carbocycles. The van der Waals surface area contributed by atoms with Crippen molar-refractivity contribution in [2.45, 2.75) is 18.2 Å². The van der Waals surface area contributed by atoms with Crippen LogP contribution in [0.25, 0.3) is 0 Å². The van der Waals surface area contributed by atoms with Crippen LogP contribution in [0.4, 0.5) is 4.39 Å². The number of nitrogens with two attached hydrogens (primary N) is 1. The second-order valence-corrected chi connectivity index (χ2v) is 6.02. The first-order chi connectivity index (χ1) is 7.36. The molecule has 1 aromatic rings. The summed E-state index contributed by atoms with van der Waals surface area (Å²) in [6, 6.07) is 0.525. The van der Waals surface area contributed by atoms with Crippen LogP contribution in [-0.2, 0) is 9.84 Å². The van der Waals surface area contributed by atoms with Crippen molar-refractivity contribution in [1.29, 1.82) is 0 Å². The second kappa shape index (κ2) is 4.86. The van der Waals surface area contributed by atoms with E-state index in [2.05, 4.69) is 10.4 Å². The van der Waals surface area contributed by atoms with Crippen molar-refractivity contribution in [2.24, 2.45) is 5.84 Å². The number of halogens is 1. The van der Waals surface area contributed by atoms with Crippen molar-refractivity contribution in [2.75, 3.05) is 6.26 Å². The molecular formula is C9H14FN3O2S. The van der Waals surface area contributed by atoms with Crippen LogP contribution in [0.15, 0.2) is 18.5 Å². The van der Waals surface area contributed by atoms with Crippen LogP contribution in [-0.4, -0.2) is 24.9 Å². The van der Waals surface area contributed by atoms with Gasteiger partial charge in [0.2, 0.25) is 0 Å². The van der Waals surface area contributed by atoms with Gasteiger partial charge >= 0.3 is 0 Å². The van der Waals surface area contributed by atoms with Gasteiger partial charge in [0.25, 0.3) is 0 Å². The molecule has 1 aromatic heterocycles. The minimum Gasteiger partial charge on any atom is -0.271 e. The summed E-state index contributed by atoms with van der Waals surface area (Å²) in [5.41, 5.74) is 2.77. The fraction of sp³-hybridized carbons (Fsp3) is 0.444. The fourth-order valence-corrected chi connectivity index (χ4v) is 2.08. The Morgan fingerprint density at radius 3 is 2.56 bits per heavy atom. The Bertz CT molecular complexity index is 464. The Labute approximate surface area is 93.8 Å². The van der Waals surface area contributed by atoms with Crippen molar-refractivity contribution in [1.82, 2.24) is 10.4 Å². The van der Waals surface area contributed by atoms with Crippen molar-refractivity contribution in [3.8, 4) is 0 Å². The largest absolute Gasteiger partial charge is 0.271 e. The predicted molar refractivity (Wildman–Crippen MR) is 58.6 cm³/mol. The molecule has 0 aliphatic heterocycles. The molecule has 3 N–H and O–H groups in total. The number of hydrazine groups is 1. The van der Waals surface area contributed by atoms with Crippen molar-refractivity contribution >= 4 is 9.84 Å². The highest BCUT2D eigenvalue weighted by Crippen LogP contribution is 2.20. The molecule has 5 nitrogen and oxygen atoms in total. The average Bonchev–Trinajstić information content (AvgIpc) is 2.17. The average molecular weight is 247 g/mol. The van der Waals surface area contributed by atoms with Crippen LogP contribution in [0.5, 0.6) is 0 Å². The third-order valence-electron chi connectivity index (χ3n) is 2.41. The Balaban J connectivity index is 3.08. The molecule has 1 heterocycles. The molecule has 16 heavy (non-hydrogen) atoms. The summed E-state index contributed by atoms with van der Waals surface area (Å²) in [7, 11) is -3.27. The molecule has 0 fully saturated rings. The van der Waals surface area contributed by atoms with Gasteiger partial charge in [-0.25, -0.2) is 12.8 Å². The lowest BCUT2D eigenvalue weighted by atomic mass is 10.1. The second-order valence-electron chi connectivity index (χ2n) is 3.62. The van der Waals surface area contributed by atoms with Gasteiger partial charge in [-0.15, -0.1) is 0 Å². The van der Waals surface area contributed by atoms with E-state index in [1.807, 2.05) is 0 Å². The fourth-order valence-electron chi connectivity index (χ4n) is 1.35. The van der Waals surface area contributed by atoms with Gasteiger partial charge in [-0.3, -0.25) is 16.3 Å². The van der Waals surface area contributed by atoms with Crippen LogP contribution < -0.4 is 11.3 Å². The van der Waals surface area contributed by atoms with Gasteiger partial charge in [-0.05, 0) is 18.6 Å². The topological polar surface area (TPSA) is 85.1 Å². The highest BCUT2D eigenvalue weighted by Gasteiger charge is 2.26. The zero-order chi connectivity index (χ0) is 12.3. The summed E-state index contributed by atoms with van der Waals surface area (Å²) in [6.45, 7) is 1.50. The number of hydrogen-bond donors (Lipinski definition) is 2. The van der Waals surface area contributed by atoms with E-state index in [9.17, 15) is 12.8 Å². The number of aromatic nitrogens is 1. The summed E-state index contributed by atoms with van der Waals surface area (Å²) in [6.07, 6.45) is 3.53. The molecule has 1 rings (SSSR count). The van der Waals surface area contributed by atoms with Gasteiger partial charge in [0.15, 0.2) is 9.84 Å². The highest BCUT2D eigenvalue weighted by molar-refractivity contribution is 7.91. The summed E-state index contributed by atoms with van der Waals surface area (Å²) in [5, 5.41) is -0.763. The van der Waals surface area contributed by atoms with Gasteiger partial charge in [-0.2, -0.15) is 0 Å². The summed E-state index contributed by atoms with van der Waals surface area (Å²) in [5.74, 6) is 4.76. The first-order valence-electron chi connectivity index (χ1n) is 4.61. The standard InChI is InChI=1S/C9H14FN3O2S/c1-6(16(2,14)15)9(13-11)7-3-8(10)5-12-4-7/h3-6,9,13H,11H2,1-2H3. The molecule has 0 aliphatic rings. The maximum atomic E-state index is 12.9. The van der Waals surface area contributed by atoms with E-state index in [1.165, 1.54) is 19.2 Å². The lowest BCUT2D eigenvalue weighted by molar-refractivity contribution is 0.508. The van der Waals surface area contributed by atoms with Crippen molar-refractivity contribution in [3.05, 3.63) is 29.8 Å². The molecule has 0 saturated heterocycles. The van der Waals surface area contributed by atoms with E-state index in [0.717, 1.165) is 12.5 Å². The molecule has 7 heteroatoms. The minimum atomic E-state index is -3.27. The van der Waals surface area contributed by atoms with Crippen LogP contribution in [0.3, 0.4) is 0 Å². The molecule has 0 spiro atoms. The van der Waals surface area contributed by atoms with Crippen molar-refractivity contribution in [3.63, 3.8) is 0 Å². The summed E-state index contributed by atoms with van der Waals surface area (Å²) in [4.78, 5) is 3.65. The number of nitrogens with zero attached hydrogens (tertiary/aromatic N) is 1. The first kappa shape index (κ1) is 13.0. The molecule has 2 unspecified atom stereocenters. The van der Waals surface area contributed by atoms with E-state index < -0.39 is 26.9 Å². The van der Waals surface area contributed by atoms with E-state index >= 15 is 0 Å². The predicted octanol–water partition coefficient (Wildman–Crippen LogP) is 0.158. The van der Waals surface area contributed by atoms with Crippen molar-refractivity contribution < 1.29 is 12.8 Å². The van der Waals surface area contributed by atoms with Gasteiger partial charge < -0.3 is 0 Å². The van der Waals surface area contributed by atoms with E-state index in [1.54, 1.807) is 0 Å². The Hall–Kier alpha value is -1.05. The van der Waals surface area contributed by atoms with E-state index in [-0.39, 0.29) is 0 Å². The monoisotopic (exact) mass is 247 g/mol. The number of hydrogen-bond acceptors (Lipinski definition) is 5. The molecule has 0 aromatic carbocycles. The van der Waals surface area contributed by atoms with Gasteiger partial charge in [0.1, 0.15) is 5.82 Å². The normalized spacial score (nSPS) is 15.8. The maximum absolute atomic E-state index is 12.9. The lowest BCUT2D eigenvalue weighted by Crippen LogP contribution is -2.38. The number of sulfone groups is 1. The third-order valence-corrected chi connectivity index (χ3v) is 4.03. The van der Waals surface area contributed by atoms with Gasteiger partial charge in [-0.1, -0.05) is 0 Å². The quantitative estimate of drug-likeness (QED) is 0.584. The summed E-state index contributed by atoms with van der Waals surface area (Å²) >= 11 is 0. The zero-order valence-electron chi connectivity index (χ0n) is 9.01. The smallest absolute Gasteiger partial charge is 0.151 e. The molecule has 0 bridgehead atoms. The van der Waals surface area contributed by atoms with Crippen LogP contribution >= 0.6 is 0 Å². The zero-order valence-corrected chi connectivity index (χ0v) is 9.83. The van der Waals surface area contributed by atoms with Crippen LogP contribution in [0.2, 0.25) is 0 Å². The molecular weight excluding hydrogens is 233 g/mol. The molecule has 2 atom stereocenters. The minimum absolute atomic E-state index is 0.403. The first-order valence-corrected chi connectivity index (χ1v) is 6.57. The Morgan fingerprint density at radius 2 is 2.12 bits per heavy atom. The molecule has 0 amide bonds. The third kappa shape index (κ3) is 2.97. The molecule has 90 valence electrons. The van der Waals surface area contributed by atoms with Gasteiger partial charge in [0, 0.05) is 12.5 Å². The van der Waals surface area contributed by atoms with Gasteiger partial charge in [0.05, 0.1) is 17.5 Å². The molecule has 0 radical (unpaired) electrons. The SMILES string of the molecule is CC(C(NN)c1cncc(F)c1)S(C)(=O)=O. The van der Waals surface area contributed by atoms with E-state index in [4.69, 9.17) is 5.84 Å². The Morgan fingerprint density at radius 1 is 1.50 bits per heavy atom. The number of nitrogens with one attached hydrogen (secondary N) is 1. The number of pyridine rings is 1. The van der Waals surface area contributed by atoms with Crippen LogP contribution in [0, 0.1) is 5.82 Å².